The number of aliphatic hydroxyl groups is 1. The van der Waals surface area contributed by atoms with E-state index < -0.39 is 29.8 Å². The monoisotopic (exact) mass is 406 g/mol. The zero-order valence-electron chi connectivity index (χ0n) is 17.6. The van der Waals surface area contributed by atoms with Crippen LogP contribution in [-0.4, -0.2) is 59.4 Å². The average Bonchev–Trinajstić information content (AvgIpc) is 2.65. The van der Waals surface area contributed by atoms with Gasteiger partial charge in [0.15, 0.2) is 0 Å². The van der Waals surface area contributed by atoms with E-state index >= 15 is 0 Å². The zero-order chi connectivity index (χ0) is 21.8. The highest BCUT2D eigenvalue weighted by Crippen LogP contribution is 2.22. The third kappa shape index (κ3) is 6.19. The number of methoxy groups -OCH3 is 1. The number of esters is 1. The Labute approximate surface area is 171 Å². The first kappa shape index (κ1) is 22.7. The number of aliphatic hydroxyl groups excluding tert-OH is 1. The number of likely N-dealkylation sites (tertiary alicyclic amines) is 1. The van der Waals surface area contributed by atoms with E-state index in [0.29, 0.717) is 12.0 Å². The number of carbonyl (C=O) groups excluding carboxylic acids is 3. The van der Waals surface area contributed by atoms with E-state index in [1.54, 1.807) is 45.0 Å². The molecule has 2 amide bonds. The van der Waals surface area contributed by atoms with Crippen molar-refractivity contribution in [2.75, 3.05) is 13.7 Å². The highest BCUT2D eigenvalue weighted by atomic mass is 16.6. The van der Waals surface area contributed by atoms with Crippen molar-refractivity contribution in [3.05, 3.63) is 35.4 Å². The van der Waals surface area contributed by atoms with Gasteiger partial charge in [0.2, 0.25) is 5.91 Å². The molecule has 8 heteroatoms. The van der Waals surface area contributed by atoms with Crippen molar-refractivity contribution in [1.29, 1.82) is 0 Å². The smallest absolute Gasteiger partial charge is 0.410 e. The Morgan fingerprint density at radius 3 is 2.38 bits per heavy atom. The molecular weight excluding hydrogens is 376 g/mol. The van der Waals surface area contributed by atoms with E-state index in [2.05, 4.69) is 10.1 Å². The predicted octanol–water partition coefficient (Wildman–Crippen LogP) is 2.41. The summed E-state index contributed by atoms with van der Waals surface area (Å²) in [5, 5.41) is 12.9. The number of ether oxygens (including phenoxy) is 2. The molecule has 0 bridgehead atoms. The number of benzene rings is 1. The molecule has 1 aromatic carbocycles. The summed E-state index contributed by atoms with van der Waals surface area (Å²) in [4.78, 5) is 38.3. The lowest BCUT2D eigenvalue weighted by Crippen LogP contribution is -2.55. The Morgan fingerprint density at radius 2 is 1.83 bits per heavy atom. The second-order valence-electron chi connectivity index (χ2n) is 8.21. The van der Waals surface area contributed by atoms with Gasteiger partial charge in [-0.3, -0.25) is 9.69 Å². The maximum absolute atomic E-state index is 12.9. The first-order chi connectivity index (χ1) is 13.5. The van der Waals surface area contributed by atoms with Gasteiger partial charge >= 0.3 is 12.1 Å². The van der Waals surface area contributed by atoms with Crippen LogP contribution in [0.4, 0.5) is 4.79 Å². The average molecular weight is 406 g/mol. The Kier molecular flexibility index (Phi) is 7.24. The SMILES string of the molecule is COC(=O)c1ccc([C@H](C)NC(=O)[C@H]2C[C@@H](O)CCN2C(=O)OC(C)(C)C)cc1. The van der Waals surface area contributed by atoms with Crippen molar-refractivity contribution < 1.29 is 29.0 Å². The van der Waals surface area contributed by atoms with Crippen molar-refractivity contribution >= 4 is 18.0 Å². The van der Waals surface area contributed by atoms with Crippen LogP contribution in [0.2, 0.25) is 0 Å². The Bertz CT molecular complexity index is 741. The van der Waals surface area contributed by atoms with Gasteiger partial charge < -0.3 is 19.9 Å². The quantitative estimate of drug-likeness (QED) is 0.744. The minimum absolute atomic E-state index is 0.152. The van der Waals surface area contributed by atoms with Gasteiger partial charge in [-0.1, -0.05) is 12.1 Å². The molecule has 1 aromatic rings. The topological polar surface area (TPSA) is 105 Å². The molecule has 0 spiro atoms. The molecule has 1 fully saturated rings. The van der Waals surface area contributed by atoms with Crippen LogP contribution >= 0.6 is 0 Å². The van der Waals surface area contributed by atoms with Gasteiger partial charge in [0.25, 0.3) is 0 Å². The molecule has 0 unspecified atom stereocenters. The first-order valence-corrected chi connectivity index (χ1v) is 9.68. The van der Waals surface area contributed by atoms with Crippen LogP contribution in [0.25, 0.3) is 0 Å². The molecular formula is C21H30N2O6. The van der Waals surface area contributed by atoms with E-state index in [1.807, 2.05) is 6.92 Å². The van der Waals surface area contributed by atoms with Gasteiger partial charge in [0.1, 0.15) is 11.6 Å². The van der Waals surface area contributed by atoms with Crippen molar-refractivity contribution in [3.63, 3.8) is 0 Å². The van der Waals surface area contributed by atoms with Crippen molar-refractivity contribution in [2.24, 2.45) is 0 Å². The van der Waals surface area contributed by atoms with Gasteiger partial charge in [0, 0.05) is 13.0 Å². The minimum atomic E-state index is -0.814. The molecule has 2 rings (SSSR count). The summed E-state index contributed by atoms with van der Waals surface area (Å²) in [6, 6.07) is 5.55. The Hall–Kier alpha value is -2.61. The lowest BCUT2D eigenvalue weighted by molar-refractivity contribution is -0.130. The van der Waals surface area contributed by atoms with Crippen LogP contribution in [0.3, 0.4) is 0 Å². The number of carbonyl (C=O) groups is 3. The molecule has 0 saturated carbocycles. The van der Waals surface area contributed by atoms with Gasteiger partial charge in [-0.25, -0.2) is 9.59 Å². The van der Waals surface area contributed by atoms with Gasteiger partial charge in [-0.05, 0) is 51.8 Å². The second-order valence-corrected chi connectivity index (χ2v) is 8.21. The molecule has 1 saturated heterocycles. The summed E-state index contributed by atoms with van der Waals surface area (Å²) < 4.78 is 10.1. The third-order valence-electron chi connectivity index (χ3n) is 4.70. The predicted molar refractivity (Wildman–Crippen MR) is 106 cm³/mol. The summed E-state index contributed by atoms with van der Waals surface area (Å²) in [5.41, 5.74) is 0.538. The van der Waals surface area contributed by atoms with Gasteiger partial charge in [0.05, 0.1) is 24.8 Å². The number of piperidine rings is 1. The summed E-state index contributed by atoms with van der Waals surface area (Å²) in [7, 11) is 1.31. The normalized spacial score (nSPS) is 20.6. The maximum Gasteiger partial charge on any atom is 0.410 e. The van der Waals surface area contributed by atoms with Crippen LogP contribution in [0.5, 0.6) is 0 Å². The zero-order valence-corrected chi connectivity index (χ0v) is 17.6. The highest BCUT2D eigenvalue weighted by molar-refractivity contribution is 5.89. The lowest BCUT2D eigenvalue weighted by Gasteiger charge is -2.38. The number of hydrogen-bond acceptors (Lipinski definition) is 6. The van der Waals surface area contributed by atoms with E-state index in [0.717, 1.165) is 5.56 Å². The molecule has 1 aliphatic heterocycles. The molecule has 29 heavy (non-hydrogen) atoms. The maximum atomic E-state index is 12.9. The fourth-order valence-corrected chi connectivity index (χ4v) is 3.15. The van der Waals surface area contributed by atoms with Crippen LogP contribution in [0.15, 0.2) is 24.3 Å². The van der Waals surface area contributed by atoms with E-state index in [9.17, 15) is 19.5 Å². The minimum Gasteiger partial charge on any atom is -0.465 e. The molecule has 3 atom stereocenters. The number of nitrogens with zero attached hydrogens (tertiary/aromatic N) is 1. The molecule has 1 heterocycles. The van der Waals surface area contributed by atoms with E-state index in [-0.39, 0.29) is 24.9 Å². The van der Waals surface area contributed by atoms with Crippen LogP contribution < -0.4 is 5.32 Å². The molecule has 2 N–H and O–H groups in total. The largest absolute Gasteiger partial charge is 0.465 e. The van der Waals surface area contributed by atoms with Crippen LogP contribution in [-0.2, 0) is 14.3 Å². The standard InChI is InChI=1S/C21H30N2O6/c1-13(14-6-8-15(9-7-14)19(26)28-5)22-18(25)17-12-16(24)10-11-23(17)20(27)29-21(2,3)4/h6-9,13,16-17,24H,10-12H2,1-5H3,(H,22,25)/t13-,16-,17+/m0/s1. The van der Waals surface area contributed by atoms with Crippen LogP contribution in [0.1, 0.15) is 62.5 Å². The Morgan fingerprint density at radius 1 is 1.21 bits per heavy atom. The van der Waals surface area contributed by atoms with E-state index in [1.165, 1.54) is 12.0 Å². The molecule has 8 nitrogen and oxygen atoms in total. The summed E-state index contributed by atoms with van der Waals surface area (Å²) in [6.45, 7) is 7.34. The van der Waals surface area contributed by atoms with Crippen LogP contribution in [0, 0.1) is 0 Å². The van der Waals surface area contributed by atoms with E-state index in [4.69, 9.17) is 4.74 Å². The number of nitrogens with one attached hydrogen (secondary N) is 1. The van der Waals surface area contributed by atoms with Crippen molar-refractivity contribution in [1.82, 2.24) is 10.2 Å². The lowest BCUT2D eigenvalue weighted by atomic mass is 9.98. The second kappa shape index (κ2) is 9.26. The summed E-state index contributed by atoms with van der Waals surface area (Å²) in [6.07, 6.45) is -0.675. The highest BCUT2D eigenvalue weighted by Gasteiger charge is 2.38. The molecule has 0 radical (unpaired) electrons. The fourth-order valence-electron chi connectivity index (χ4n) is 3.15. The molecule has 0 aromatic heterocycles. The Balaban J connectivity index is 2.09. The fraction of sp³-hybridized carbons (Fsp3) is 0.571. The van der Waals surface area contributed by atoms with Gasteiger partial charge in [-0.15, -0.1) is 0 Å². The first-order valence-electron chi connectivity index (χ1n) is 9.68. The van der Waals surface area contributed by atoms with Crippen molar-refractivity contribution in [3.8, 4) is 0 Å². The number of amides is 2. The molecule has 1 aliphatic rings. The summed E-state index contributed by atoms with van der Waals surface area (Å²) in [5.74, 6) is -0.795. The number of rotatable bonds is 4. The third-order valence-corrected chi connectivity index (χ3v) is 4.70. The van der Waals surface area contributed by atoms with Gasteiger partial charge in [-0.2, -0.15) is 0 Å². The number of hydrogen-bond donors (Lipinski definition) is 2. The molecule has 160 valence electrons. The molecule has 0 aliphatic carbocycles. The summed E-state index contributed by atoms with van der Waals surface area (Å²) >= 11 is 0. The van der Waals surface area contributed by atoms with Crippen molar-refractivity contribution in [2.45, 2.75) is 64.3 Å².